The average Bonchev–Trinajstić information content (AvgIpc) is 3.08. The number of hydrogen-bond acceptors (Lipinski definition) is 3. The van der Waals surface area contributed by atoms with Crippen molar-refractivity contribution in [3.63, 3.8) is 0 Å². The molecule has 5 nitrogen and oxygen atoms in total. The summed E-state index contributed by atoms with van der Waals surface area (Å²) in [5, 5.41) is 3.24. The van der Waals surface area contributed by atoms with Crippen LogP contribution in [0.25, 0.3) is 0 Å². The van der Waals surface area contributed by atoms with Crippen LogP contribution in [0.15, 0.2) is 29.1 Å². The Morgan fingerprint density at radius 1 is 1.19 bits per heavy atom. The molecule has 0 aliphatic carbocycles. The number of hydrogen-bond donors (Lipinski definition) is 1. The Balaban J connectivity index is 2.08. The molecule has 0 radical (unpaired) electrons. The Bertz CT molecular complexity index is 924. The molecule has 1 aromatic carbocycles. The molecule has 1 atom stereocenters. The minimum atomic E-state index is -0.000619. The lowest BCUT2D eigenvalue weighted by Gasteiger charge is -2.38. The quantitative estimate of drug-likeness (QED) is 0.579. The van der Waals surface area contributed by atoms with E-state index >= 15 is 0 Å². The molecule has 32 heavy (non-hydrogen) atoms. The monoisotopic (exact) mass is 442 g/mol. The summed E-state index contributed by atoms with van der Waals surface area (Å²) in [7, 11) is 3.59. The van der Waals surface area contributed by atoms with Crippen LogP contribution in [0.2, 0.25) is 0 Å². The fourth-order valence-corrected chi connectivity index (χ4v) is 4.94. The Labute approximate surface area is 193 Å². The summed E-state index contributed by atoms with van der Waals surface area (Å²) in [4.78, 5) is 12.0. The van der Waals surface area contributed by atoms with E-state index in [0.29, 0.717) is 5.92 Å². The van der Waals surface area contributed by atoms with Gasteiger partial charge < -0.3 is 9.47 Å². The fraction of sp³-hybridized carbons (Fsp3) is 0.667. The van der Waals surface area contributed by atoms with Crippen LogP contribution in [0.4, 0.5) is 0 Å². The van der Waals surface area contributed by atoms with E-state index in [9.17, 15) is 4.79 Å². The minimum absolute atomic E-state index is 0.000619. The Hall–Kier alpha value is -1.85. The number of nitrogens with zero attached hydrogens (tertiary/aromatic N) is 1. The lowest BCUT2D eigenvalue weighted by atomic mass is 9.71. The highest BCUT2D eigenvalue weighted by molar-refractivity contribution is 5.40. The number of aromatic nitrogens is 2. The van der Waals surface area contributed by atoms with Gasteiger partial charge in [0.2, 0.25) is 0 Å². The zero-order chi connectivity index (χ0) is 23.4. The van der Waals surface area contributed by atoms with Crippen molar-refractivity contribution in [2.45, 2.75) is 83.0 Å². The summed E-state index contributed by atoms with van der Waals surface area (Å²) in [6.45, 7) is 11.4. The van der Waals surface area contributed by atoms with Gasteiger partial charge in [0.25, 0.3) is 5.56 Å². The van der Waals surface area contributed by atoms with Gasteiger partial charge >= 0.3 is 0 Å². The zero-order valence-corrected chi connectivity index (χ0v) is 20.9. The molecule has 0 spiro atoms. The van der Waals surface area contributed by atoms with Gasteiger partial charge in [-0.1, -0.05) is 58.7 Å². The molecule has 1 saturated heterocycles. The number of nitrogens with one attached hydrogen (secondary N) is 1. The molecule has 178 valence electrons. The third-order valence-electron chi connectivity index (χ3n) is 7.09. The van der Waals surface area contributed by atoms with E-state index in [2.05, 4.69) is 51.0 Å². The van der Waals surface area contributed by atoms with Gasteiger partial charge in [-0.2, -0.15) is 0 Å². The number of methoxy groups -OCH3 is 1. The third-order valence-corrected chi connectivity index (χ3v) is 7.09. The number of ether oxygens (including phenoxy) is 2. The molecule has 1 aliphatic rings. The van der Waals surface area contributed by atoms with Gasteiger partial charge in [-0.3, -0.25) is 14.6 Å². The first-order chi connectivity index (χ1) is 15.2. The second-order valence-electron chi connectivity index (χ2n) is 10.6. The summed E-state index contributed by atoms with van der Waals surface area (Å²) < 4.78 is 13.0. The Morgan fingerprint density at radius 2 is 1.91 bits per heavy atom. The van der Waals surface area contributed by atoms with Crippen molar-refractivity contribution in [2.24, 2.45) is 7.05 Å². The van der Waals surface area contributed by atoms with Gasteiger partial charge in [-0.15, -0.1) is 0 Å². The van der Waals surface area contributed by atoms with Crippen LogP contribution in [0.3, 0.4) is 0 Å². The first kappa shape index (κ1) is 24.8. The summed E-state index contributed by atoms with van der Waals surface area (Å²) in [5.41, 5.74) is 5.23. The number of benzene rings is 1. The van der Waals surface area contributed by atoms with E-state index in [4.69, 9.17) is 9.47 Å². The van der Waals surface area contributed by atoms with Crippen molar-refractivity contribution in [1.82, 2.24) is 9.78 Å². The molecule has 0 amide bonds. The van der Waals surface area contributed by atoms with E-state index in [0.717, 1.165) is 51.2 Å². The van der Waals surface area contributed by atoms with E-state index in [1.165, 1.54) is 29.5 Å². The van der Waals surface area contributed by atoms with Crippen LogP contribution in [0.1, 0.15) is 88.1 Å². The molecule has 1 fully saturated rings. The molecule has 1 aliphatic heterocycles. The number of rotatable bonds is 9. The normalized spacial score (nSPS) is 17.4. The largest absolute Gasteiger partial charge is 0.384 e. The van der Waals surface area contributed by atoms with Gasteiger partial charge in [0, 0.05) is 44.5 Å². The topological polar surface area (TPSA) is 56.2 Å². The molecular weight excluding hydrogens is 400 g/mol. The molecule has 0 bridgehead atoms. The van der Waals surface area contributed by atoms with E-state index in [1.54, 1.807) is 17.8 Å². The number of aryl methyl sites for hydroxylation is 1. The van der Waals surface area contributed by atoms with Crippen LogP contribution in [0, 0.1) is 0 Å². The summed E-state index contributed by atoms with van der Waals surface area (Å²) in [6, 6.07) is 9.00. The molecule has 5 heteroatoms. The van der Waals surface area contributed by atoms with E-state index in [-0.39, 0.29) is 16.4 Å². The summed E-state index contributed by atoms with van der Waals surface area (Å²) in [6.07, 6.45) is 6.27. The maximum absolute atomic E-state index is 12.0. The van der Waals surface area contributed by atoms with Crippen LogP contribution in [-0.4, -0.2) is 36.7 Å². The van der Waals surface area contributed by atoms with Gasteiger partial charge in [-0.05, 0) is 53.7 Å². The summed E-state index contributed by atoms with van der Waals surface area (Å²) in [5.74, 6) is 0.369. The number of unbranched alkanes of at least 4 members (excludes halogenated alkanes) is 1. The zero-order valence-electron chi connectivity index (χ0n) is 20.9. The van der Waals surface area contributed by atoms with Crippen LogP contribution in [0.5, 0.6) is 0 Å². The van der Waals surface area contributed by atoms with Crippen molar-refractivity contribution < 1.29 is 9.47 Å². The maximum Gasteiger partial charge on any atom is 0.266 e. The Morgan fingerprint density at radius 3 is 2.47 bits per heavy atom. The van der Waals surface area contributed by atoms with Gasteiger partial charge in [0.15, 0.2) is 0 Å². The van der Waals surface area contributed by atoms with Crippen LogP contribution < -0.4 is 5.56 Å². The maximum atomic E-state index is 12.0. The Kier molecular flexibility index (Phi) is 8.05. The first-order valence-corrected chi connectivity index (χ1v) is 12.2. The molecule has 3 rings (SSSR count). The third kappa shape index (κ3) is 5.74. The fourth-order valence-electron chi connectivity index (χ4n) is 4.94. The van der Waals surface area contributed by atoms with Crippen molar-refractivity contribution in [3.8, 4) is 0 Å². The predicted octanol–water partition coefficient (Wildman–Crippen LogP) is 5.22. The highest BCUT2D eigenvalue weighted by Crippen LogP contribution is 2.40. The molecule has 1 N–H and O–H groups in total. The number of H-pyrrole nitrogens is 1. The molecule has 0 saturated carbocycles. The lowest BCUT2D eigenvalue weighted by Crippen LogP contribution is -2.38. The molecule has 1 unspecified atom stereocenters. The average molecular weight is 443 g/mol. The smallest absolute Gasteiger partial charge is 0.266 e. The van der Waals surface area contributed by atoms with Gasteiger partial charge in [0.1, 0.15) is 0 Å². The second kappa shape index (κ2) is 10.4. The highest BCUT2D eigenvalue weighted by Gasteiger charge is 2.36. The van der Waals surface area contributed by atoms with Crippen molar-refractivity contribution >= 4 is 0 Å². The van der Waals surface area contributed by atoms with Gasteiger partial charge in [0.05, 0.1) is 6.61 Å². The standard InChI is InChI=1S/C27H42N2O3/c1-7-8-9-20(16-24-18-25(30)29(5)28-24)21-14-22(26(2,3)4)17-23(15-21)27(19-31-6)10-12-32-13-11-27/h14-15,17-18,20,28H,7-13,16,19H2,1-6H3. The predicted molar refractivity (Wildman–Crippen MR) is 131 cm³/mol. The number of aromatic amines is 1. The highest BCUT2D eigenvalue weighted by atomic mass is 16.5. The van der Waals surface area contributed by atoms with Crippen molar-refractivity contribution in [3.05, 3.63) is 57.0 Å². The lowest BCUT2D eigenvalue weighted by molar-refractivity contribution is 0.0135. The van der Waals surface area contributed by atoms with Crippen molar-refractivity contribution in [1.29, 1.82) is 0 Å². The van der Waals surface area contributed by atoms with Crippen LogP contribution >= 0.6 is 0 Å². The van der Waals surface area contributed by atoms with Crippen LogP contribution in [-0.2, 0) is 33.8 Å². The minimum Gasteiger partial charge on any atom is -0.384 e. The molecular formula is C27H42N2O3. The van der Waals surface area contributed by atoms with Crippen molar-refractivity contribution in [2.75, 3.05) is 26.9 Å². The summed E-state index contributed by atoms with van der Waals surface area (Å²) >= 11 is 0. The second-order valence-corrected chi connectivity index (χ2v) is 10.6. The molecule has 2 aromatic rings. The molecule has 2 heterocycles. The first-order valence-electron chi connectivity index (χ1n) is 12.2. The SMILES string of the molecule is CCCCC(Cc1cc(=O)n(C)[nH]1)c1cc(C(C)(C)C)cc(C2(COC)CCOCC2)c1. The van der Waals surface area contributed by atoms with E-state index in [1.807, 2.05) is 7.11 Å². The van der Waals surface area contributed by atoms with E-state index < -0.39 is 0 Å². The molecule has 1 aromatic heterocycles. The van der Waals surface area contributed by atoms with Gasteiger partial charge in [-0.25, -0.2) is 0 Å².